The molecule has 0 spiro atoms. The van der Waals surface area contributed by atoms with Gasteiger partial charge in [-0.1, -0.05) is 13.8 Å². The summed E-state index contributed by atoms with van der Waals surface area (Å²) in [6, 6.07) is 0.483. The van der Waals surface area contributed by atoms with Crippen LogP contribution in [0, 0.1) is 11.8 Å². The molecule has 0 amide bonds. The predicted octanol–water partition coefficient (Wildman–Crippen LogP) is 2.06. The van der Waals surface area contributed by atoms with Crippen molar-refractivity contribution in [2.45, 2.75) is 46.1 Å². The fourth-order valence-electron chi connectivity index (χ4n) is 3.82. The van der Waals surface area contributed by atoms with Crippen molar-refractivity contribution >= 4 is 5.96 Å². The molecule has 0 aromatic carbocycles. The van der Waals surface area contributed by atoms with E-state index in [1.165, 1.54) is 19.3 Å². The lowest BCUT2D eigenvalue weighted by atomic mass is 9.96. The SMILES string of the molecule is CCNC(=NCC(C(C)C)N1CCOCC1)N(C)CCC1CCOCC1. The van der Waals surface area contributed by atoms with Crippen molar-refractivity contribution in [1.82, 2.24) is 15.1 Å². The van der Waals surface area contributed by atoms with Crippen molar-refractivity contribution in [3.63, 3.8) is 0 Å². The molecule has 2 rings (SSSR count). The van der Waals surface area contributed by atoms with E-state index >= 15 is 0 Å². The number of aliphatic imine (C=N–C) groups is 1. The van der Waals surface area contributed by atoms with E-state index in [1.54, 1.807) is 0 Å². The van der Waals surface area contributed by atoms with Crippen LogP contribution in [-0.2, 0) is 9.47 Å². The highest BCUT2D eigenvalue weighted by Gasteiger charge is 2.24. The molecule has 2 heterocycles. The molecule has 2 fully saturated rings. The number of morpholine rings is 1. The van der Waals surface area contributed by atoms with Crippen molar-refractivity contribution in [2.24, 2.45) is 16.8 Å². The Morgan fingerprint density at radius 3 is 2.42 bits per heavy atom. The molecule has 1 N–H and O–H groups in total. The van der Waals surface area contributed by atoms with Crippen LogP contribution >= 0.6 is 0 Å². The van der Waals surface area contributed by atoms with Gasteiger partial charge >= 0.3 is 0 Å². The van der Waals surface area contributed by atoms with Gasteiger partial charge in [-0.3, -0.25) is 9.89 Å². The minimum atomic E-state index is 0.483. The molecule has 2 aliphatic heterocycles. The van der Waals surface area contributed by atoms with Gasteiger partial charge < -0.3 is 19.7 Å². The first kappa shape index (κ1) is 21.5. The molecular weight excluding hydrogens is 328 g/mol. The van der Waals surface area contributed by atoms with Gasteiger partial charge in [-0.25, -0.2) is 0 Å². The molecule has 0 aromatic heterocycles. The number of rotatable bonds is 8. The minimum Gasteiger partial charge on any atom is -0.381 e. The molecule has 2 aliphatic rings. The number of ether oxygens (including phenoxy) is 2. The molecule has 0 saturated carbocycles. The lowest BCUT2D eigenvalue weighted by molar-refractivity contribution is 0.00863. The number of hydrogen-bond donors (Lipinski definition) is 1. The molecule has 6 heteroatoms. The van der Waals surface area contributed by atoms with Gasteiger partial charge in [0.2, 0.25) is 0 Å². The van der Waals surface area contributed by atoms with Gasteiger partial charge in [-0.15, -0.1) is 0 Å². The minimum absolute atomic E-state index is 0.483. The first-order valence-electron chi connectivity index (χ1n) is 10.5. The maximum atomic E-state index is 5.51. The molecule has 26 heavy (non-hydrogen) atoms. The molecule has 6 nitrogen and oxygen atoms in total. The molecule has 0 aromatic rings. The first-order valence-corrected chi connectivity index (χ1v) is 10.5. The van der Waals surface area contributed by atoms with E-state index in [-0.39, 0.29) is 0 Å². The van der Waals surface area contributed by atoms with Crippen LogP contribution in [-0.4, -0.2) is 88.0 Å². The topological polar surface area (TPSA) is 49.3 Å². The Bertz CT molecular complexity index is 405. The van der Waals surface area contributed by atoms with Crippen LogP contribution in [0.2, 0.25) is 0 Å². The van der Waals surface area contributed by atoms with Gasteiger partial charge in [-0.2, -0.15) is 0 Å². The Morgan fingerprint density at radius 2 is 1.81 bits per heavy atom. The third-order valence-electron chi connectivity index (χ3n) is 5.62. The van der Waals surface area contributed by atoms with Crippen molar-refractivity contribution in [3.8, 4) is 0 Å². The lowest BCUT2D eigenvalue weighted by Gasteiger charge is -2.36. The predicted molar refractivity (Wildman–Crippen MR) is 108 cm³/mol. The zero-order valence-corrected chi connectivity index (χ0v) is 17.4. The Hall–Kier alpha value is -0.850. The summed E-state index contributed by atoms with van der Waals surface area (Å²) in [4.78, 5) is 9.84. The molecule has 0 aliphatic carbocycles. The van der Waals surface area contributed by atoms with Crippen LogP contribution < -0.4 is 5.32 Å². The molecule has 2 saturated heterocycles. The third-order valence-corrected chi connectivity index (χ3v) is 5.62. The molecule has 1 atom stereocenters. The summed E-state index contributed by atoms with van der Waals surface area (Å²) in [6.07, 6.45) is 3.63. The summed E-state index contributed by atoms with van der Waals surface area (Å²) in [7, 11) is 2.17. The third kappa shape index (κ3) is 7.05. The van der Waals surface area contributed by atoms with Crippen molar-refractivity contribution in [1.29, 1.82) is 0 Å². The van der Waals surface area contributed by atoms with E-state index in [9.17, 15) is 0 Å². The second-order valence-electron chi connectivity index (χ2n) is 7.92. The zero-order chi connectivity index (χ0) is 18.8. The average Bonchev–Trinajstić information content (AvgIpc) is 2.67. The second kappa shape index (κ2) is 11.8. The first-order chi connectivity index (χ1) is 12.6. The van der Waals surface area contributed by atoms with Crippen LogP contribution in [0.5, 0.6) is 0 Å². The fourth-order valence-corrected chi connectivity index (χ4v) is 3.82. The lowest BCUT2D eigenvalue weighted by Crippen LogP contribution is -2.48. The van der Waals surface area contributed by atoms with Crippen LogP contribution in [0.15, 0.2) is 4.99 Å². The number of guanidine groups is 1. The summed E-state index contributed by atoms with van der Waals surface area (Å²) in [6.45, 7) is 15.2. The van der Waals surface area contributed by atoms with E-state index in [2.05, 4.69) is 42.9 Å². The molecular formula is C20H40N4O2. The quantitative estimate of drug-likeness (QED) is 0.525. The van der Waals surface area contributed by atoms with Gasteiger partial charge in [-0.05, 0) is 38.0 Å². The second-order valence-corrected chi connectivity index (χ2v) is 7.92. The Morgan fingerprint density at radius 1 is 1.15 bits per heavy atom. The normalized spacial score (nSPS) is 21.8. The Balaban J connectivity index is 1.89. The van der Waals surface area contributed by atoms with Gasteiger partial charge in [0.05, 0.1) is 19.8 Å². The highest BCUT2D eigenvalue weighted by atomic mass is 16.5. The van der Waals surface area contributed by atoms with Gasteiger partial charge in [0.1, 0.15) is 0 Å². The van der Waals surface area contributed by atoms with E-state index in [1.807, 2.05) is 0 Å². The van der Waals surface area contributed by atoms with Gasteiger partial charge in [0.25, 0.3) is 0 Å². The molecule has 1 unspecified atom stereocenters. The molecule has 0 bridgehead atoms. The van der Waals surface area contributed by atoms with E-state index in [0.717, 1.165) is 71.0 Å². The van der Waals surface area contributed by atoms with Crippen LogP contribution in [0.4, 0.5) is 0 Å². The van der Waals surface area contributed by atoms with Crippen molar-refractivity contribution in [3.05, 3.63) is 0 Å². The van der Waals surface area contributed by atoms with Crippen LogP contribution in [0.3, 0.4) is 0 Å². The van der Waals surface area contributed by atoms with Crippen molar-refractivity contribution < 1.29 is 9.47 Å². The summed E-state index contributed by atoms with van der Waals surface area (Å²) in [5, 5.41) is 3.48. The maximum Gasteiger partial charge on any atom is 0.193 e. The summed E-state index contributed by atoms with van der Waals surface area (Å²) in [5.74, 6) is 2.43. The monoisotopic (exact) mass is 368 g/mol. The summed E-state index contributed by atoms with van der Waals surface area (Å²) >= 11 is 0. The van der Waals surface area contributed by atoms with Crippen molar-refractivity contribution in [2.75, 3.05) is 66.2 Å². The van der Waals surface area contributed by atoms with Gasteiger partial charge in [0.15, 0.2) is 5.96 Å². The van der Waals surface area contributed by atoms with E-state index in [4.69, 9.17) is 14.5 Å². The standard InChI is InChI=1S/C20H40N4O2/c1-5-21-20(23(4)9-6-18-7-12-25-13-8-18)22-16-19(17(2)3)24-10-14-26-15-11-24/h17-19H,5-16H2,1-4H3,(H,21,22). The fraction of sp³-hybridized carbons (Fsp3) is 0.950. The Kier molecular flexibility index (Phi) is 9.72. The van der Waals surface area contributed by atoms with Crippen LogP contribution in [0.25, 0.3) is 0 Å². The molecule has 152 valence electrons. The van der Waals surface area contributed by atoms with Gasteiger partial charge in [0, 0.05) is 52.5 Å². The maximum absolute atomic E-state index is 5.51. The number of nitrogens with zero attached hydrogens (tertiary/aromatic N) is 3. The van der Waals surface area contributed by atoms with E-state index < -0.39 is 0 Å². The molecule has 0 radical (unpaired) electrons. The average molecular weight is 369 g/mol. The highest BCUT2D eigenvalue weighted by molar-refractivity contribution is 5.79. The number of nitrogens with one attached hydrogen (secondary N) is 1. The highest BCUT2D eigenvalue weighted by Crippen LogP contribution is 2.18. The smallest absolute Gasteiger partial charge is 0.193 e. The largest absolute Gasteiger partial charge is 0.381 e. The zero-order valence-electron chi connectivity index (χ0n) is 17.4. The Labute approximate surface area is 160 Å². The summed E-state index contributed by atoms with van der Waals surface area (Å²) < 4.78 is 11.0. The van der Waals surface area contributed by atoms with Crippen LogP contribution in [0.1, 0.15) is 40.0 Å². The van der Waals surface area contributed by atoms with E-state index in [0.29, 0.717) is 12.0 Å². The summed E-state index contributed by atoms with van der Waals surface area (Å²) in [5.41, 5.74) is 0. The number of hydrogen-bond acceptors (Lipinski definition) is 4.